The van der Waals surface area contributed by atoms with Gasteiger partial charge in [0.1, 0.15) is 5.82 Å². The Morgan fingerprint density at radius 3 is 2.26 bits per heavy atom. The second-order valence-corrected chi connectivity index (χ2v) is 8.50. The van der Waals surface area contributed by atoms with Crippen LogP contribution in [0.4, 0.5) is 4.39 Å². The van der Waals surface area contributed by atoms with Crippen LogP contribution >= 0.6 is 0 Å². The number of halogens is 1. The average Bonchev–Trinajstić information content (AvgIpc) is 3.17. The van der Waals surface area contributed by atoms with Crippen LogP contribution < -0.4 is 5.14 Å². The van der Waals surface area contributed by atoms with Gasteiger partial charge in [-0.1, -0.05) is 0 Å². The van der Waals surface area contributed by atoms with Crippen molar-refractivity contribution >= 4 is 10.0 Å². The van der Waals surface area contributed by atoms with Gasteiger partial charge in [0.25, 0.3) is 0 Å². The lowest BCUT2D eigenvalue weighted by atomic mass is 10.1. The number of unbranched alkanes of at least 4 members (excludes halogenated alkanes) is 1. The van der Waals surface area contributed by atoms with Gasteiger partial charge in [-0.15, -0.1) is 0 Å². The Labute approximate surface area is 181 Å². The summed E-state index contributed by atoms with van der Waals surface area (Å²) in [6.07, 6.45) is 1.82. The first kappa shape index (κ1) is 23.1. The van der Waals surface area contributed by atoms with E-state index in [9.17, 15) is 12.8 Å². The summed E-state index contributed by atoms with van der Waals surface area (Å²) in [6, 6.07) is 14.1. The summed E-state index contributed by atoms with van der Waals surface area (Å²) >= 11 is 0. The zero-order valence-electron chi connectivity index (χ0n) is 17.3. The summed E-state index contributed by atoms with van der Waals surface area (Å²) in [5, 5.41) is 9.79. The average molecular weight is 448 g/mol. The Kier molecular flexibility index (Phi) is 7.91. The molecule has 9 heteroatoms. The molecule has 3 rings (SSSR count). The van der Waals surface area contributed by atoms with Crippen molar-refractivity contribution in [3.05, 3.63) is 66.1 Å². The molecule has 0 aliphatic rings. The van der Waals surface area contributed by atoms with Crippen LogP contribution in [-0.4, -0.2) is 38.0 Å². The van der Waals surface area contributed by atoms with Crippen LogP contribution in [0.25, 0.3) is 16.9 Å². The second-order valence-electron chi connectivity index (χ2n) is 6.94. The van der Waals surface area contributed by atoms with Gasteiger partial charge in [0.2, 0.25) is 10.0 Å². The van der Waals surface area contributed by atoms with E-state index in [1.807, 2.05) is 13.0 Å². The lowest BCUT2D eigenvalue weighted by Gasteiger charge is -2.08. The summed E-state index contributed by atoms with van der Waals surface area (Å²) in [5.41, 5.74) is 2.86. The van der Waals surface area contributed by atoms with E-state index in [2.05, 4.69) is 5.10 Å². The number of sulfonamides is 1. The highest BCUT2D eigenvalue weighted by Crippen LogP contribution is 2.25. The molecular formula is C22H26FN3O4S. The first-order valence-corrected chi connectivity index (χ1v) is 11.6. The molecule has 0 radical (unpaired) electrons. The fourth-order valence-electron chi connectivity index (χ4n) is 3.03. The number of nitrogens with zero attached hydrogens (tertiary/aromatic N) is 2. The van der Waals surface area contributed by atoms with Crippen LogP contribution in [0.5, 0.6) is 0 Å². The van der Waals surface area contributed by atoms with E-state index in [0.29, 0.717) is 31.2 Å². The van der Waals surface area contributed by atoms with Crippen LogP contribution in [0.15, 0.2) is 59.5 Å². The minimum atomic E-state index is -3.79. The van der Waals surface area contributed by atoms with Crippen molar-refractivity contribution in [3.8, 4) is 16.9 Å². The molecule has 0 spiro atoms. The maximum atomic E-state index is 13.4. The molecule has 166 valence electrons. The van der Waals surface area contributed by atoms with Crippen LogP contribution in [0.2, 0.25) is 0 Å². The Morgan fingerprint density at radius 2 is 1.65 bits per heavy atom. The molecule has 1 aromatic heterocycles. The monoisotopic (exact) mass is 447 g/mol. The molecule has 7 nitrogen and oxygen atoms in total. The van der Waals surface area contributed by atoms with Gasteiger partial charge in [-0.05, 0) is 74.4 Å². The Balaban J connectivity index is 1.80. The van der Waals surface area contributed by atoms with Crippen molar-refractivity contribution in [1.29, 1.82) is 0 Å². The van der Waals surface area contributed by atoms with E-state index in [0.717, 1.165) is 30.7 Å². The third-order valence-electron chi connectivity index (χ3n) is 4.59. The molecule has 0 atom stereocenters. The number of primary sulfonamides is 1. The predicted molar refractivity (Wildman–Crippen MR) is 116 cm³/mol. The zero-order valence-corrected chi connectivity index (χ0v) is 18.1. The van der Waals surface area contributed by atoms with Gasteiger partial charge in [0.15, 0.2) is 0 Å². The molecule has 31 heavy (non-hydrogen) atoms. The van der Waals surface area contributed by atoms with E-state index in [1.54, 1.807) is 28.9 Å². The molecule has 1 heterocycles. The fourth-order valence-corrected chi connectivity index (χ4v) is 3.55. The third-order valence-corrected chi connectivity index (χ3v) is 5.52. The molecule has 0 amide bonds. The summed E-state index contributed by atoms with van der Waals surface area (Å²) in [6.45, 7) is 4.31. The molecule has 0 aliphatic carbocycles. The van der Waals surface area contributed by atoms with Crippen LogP contribution in [0.3, 0.4) is 0 Å². The molecule has 0 bridgehead atoms. The molecule has 0 saturated heterocycles. The van der Waals surface area contributed by atoms with Gasteiger partial charge in [0.05, 0.1) is 28.6 Å². The summed E-state index contributed by atoms with van der Waals surface area (Å²) in [4.78, 5) is 0.0161. The number of ether oxygens (including phenoxy) is 2. The van der Waals surface area contributed by atoms with E-state index in [4.69, 9.17) is 14.6 Å². The van der Waals surface area contributed by atoms with Crippen molar-refractivity contribution < 1.29 is 22.3 Å². The Hall–Kier alpha value is -2.59. The predicted octanol–water partition coefficient (Wildman–Crippen LogP) is 3.66. The van der Waals surface area contributed by atoms with Crippen molar-refractivity contribution in [2.24, 2.45) is 5.14 Å². The summed E-state index contributed by atoms with van der Waals surface area (Å²) in [7, 11) is -3.79. The Bertz CT molecular complexity index is 1080. The number of hydrogen-bond acceptors (Lipinski definition) is 5. The second kappa shape index (κ2) is 10.6. The molecule has 0 saturated carbocycles. The minimum Gasteiger partial charge on any atom is -0.382 e. The van der Waals surface area contributed by atoms with Crippen molar-refractivity contribution in [2.45, 2.75) is 31.3 Å². The van der Waals surface area contributed by atoms with Crippen molar-refractivity contribution in [3.63, 3.8) is 0 Å². The highest BCUT2D eigenvalue weighted by atomic mass is 32.2. The third kappa shape index (κ3) is 6.44. The fraction of sp³-hybridized carbons (Fsp3) is 0.318. The molecule has 2 N–H and O–H groups in total. The van der Waals surface area contributed by atoms with E-state index >= 15 is 0 Å². The maximum absolute atomic E-state index is 13.4. The molecule has 3 aromatic rings. The highest BCUT2D eigenvalue weighted by molar-refractivity contribution is 7.89. The van der Waals surface area contributed by atoms with Crippen LogP contribution in [0.1, 0.15) is 25.5 Å². The standard InChI is InChI=1S/C22H26FN3O4S/c1-2-29-13-3-4-14-30-16-19-15-22(17-5-7-18(23)8-6-17)26(25-19)20-9-11-21(12-10-20)31(24,27)28/h5-12,15H,2-4,13-14,16H2,1H3,(H2,24,27,28). The molecule has 0 aliphatic heterocycles. The Morgan fingerprint density at radius 1 is 1.00 bits per heavy atom. The number of nitrogens with two attached hydrogens (primary N) is 1. The van der Waals surface area contributed by atoms with E-state index in [-0.39, 0.29) is 10.7 Å². The van der Waals surface area contributed by atoms with Gasteiger partial charge in [-0.2, -0.15) is 5.10 Å². The largest absolute Gasteiger partial charge is 0.382 e. The van der Waals surface area contributed by atoms with Gasteiger partial charge >= 0.3 is 0 Å². The first-order chi connectivity index (χ1) is 14.9. The molecule has 0 unspecified atom stereocenters. The minimum absolute atomic E-state index is 0.0161. The highest BCUT2D eigenvalue weighted by Gasteiger charge is 2.14. The van der Waals surface area contributed by atoms with Gasteiger partial charge in [-0.3, -0.25) is 0 Å². The summed E-state index contributed by atoms with van der Waals surface area (Å²) < 4.78 is 49.2. The van der Waals surface area contributed by atoms with E-state index in [1.165, 1.54) is 24.3 Å². The van der Waals surface area contributed by atoms with Gasteiger partial charge in [0, 0.05) is 25.4 Å². The number of aromatic nitrogens is 2. The normalized spacial score (nSPS) is 11.7. The first-order valence-electron chi connectivity index (χ1n) is 10.0. The van der Waals surface area contributed by atoms with Crippen LogP contribution in [0, 0.1) is 5.82 Å². The van der Waals surface area contributed by atoms with E-state index < -0.39 is 10.0 Å². The number of benzene rings is 2. The lowest BCUT2D eigenvalue weighted by Crippen LogP contribution is -2.12. The van der Waals surface area contributed by atoms with Gasteiger partial charge in [-0.25, -0.2) is 22.6 Å². The zero-order chi connectivity index (χ0) is 22.3. The van der Waals surface area contributed by atoms with Crippen molar-refractivity contribution in [2.75, 3.05) is 19.8 Å². The van der Waals surface area contributed by atoms with Crippen molar-refractivity contribution in [1.82, 2.24) is 9.78 Å². The summed E-state index contributed by atoms with van der Waals surface area (Å²) in [5.74, 6) is -0.331. The lowest BCUT2D eigenvalue weighted by molar-refractivity contribution is 0.0976. The van der Waals surface area contributed by atoms with Gasteiger partial charge < -0.3 is 9.47 Å². The quantitative estimate of drug-likeness (QED) is 0.453. The molecular weight excluding hydrogens is 421 g/mol. The SMILES string of the molecule is CCOCCCCOCc1cc(-c2ccc(F)cc2)n(-c2ccc(S(N)(=O)=O)cc2)n1. The maximum Gasteiger partial charge on any atom is 0.238 e. The number of hydrogen-bond donors (Lipinski definition) is 1. The number of rotatable bonds is 11. The smallest absolute Gasteiger partial charge is 0.238 e. The topological polar surface area (TPSA) is 96.4 Å². The molecule has 2 aromatic carbocycles. The molecule has 0 fully saturated rings. The van der Waals surface area contributed by atoms with Crippen LogP contribution in [-0.2, 0) is 26.1 Å².